The number of phosphoric acid groups is 3. The zero-order chi connectivity index (χ0) is 21.3. The molecule has 0 amide bonds. The molecule has 4 N–H and O–H groups in total. The largest absolute Gasteiger partial charge is 0.490 e. The van der Waals surface area contributed by atoms with Gasteiger partial charge in [0.1, 0.15) is 6.23 Å². The Labute approximate surface area is 162 Å². The Morgan fingerprint density at radius 1 is 1.14 bits per heavy atom. The Morgan fingerprint density at radius 2 is 1.79 bits per heavy atom. The van der Waals surface area contributed by atoms with Crippen molar-refractivity contribution in [3.63, 3.8) is 0 Å². The molecule has 0 aromatic rings. The van der Waals surface area contributed by atoms with E-state index in [9.17, 15) is 18.6 Å². The minimum atomic E-state index is -5.52. The fourth-order valence-electron chi connectivity index (χ4n) is 3.28. The van der Waals surface area contributed by atoms with Gasteiger partial charge in [-0.2, -0.15) is 8.62 Å². The molecule has 6 atom stereocenters. The average Bonchev–Trinajstić information content (AvgIpc) is 2.85. The highest BCUT2D eigenvalue weighted by Crippen LogP contribution is 2.66. The summed E-state index contributed by atoms with van der Waals surface area (Å²) in [4.78, 5) is 37.8. The third-order valence-corrected chi connectivity index (χ3v) is 8.24. The Morgan fingerprint density at radius 3 is 2.39 bits per heavy atom. The van der Waals surface area contributed by atoms with Gasteiger partial charge in [-0.05, 0) is 25.2 Å². The maximum atomic E-state index is 11.8. The molecule has 2 rings (SSSR count). The maximum absolute atomic E-state index is 11.8. The molecule has 2 aliphatic heterocycles. The highest BCUT2D eigenvalue weighted by molar-refractivity contribution is 7.66. The SMILES string of the molecule is C=C1CCC(C)CN1C1OC(COP(=O)(O)OP(=O)(O)OP(=O)(O)O)CC1C. The van der Waals surface area contributed by atoms with Crippen LogP contribution in [0.25, 0.3) is 0 Å². The van der Waals surface area contributed by atoms with Gasteiger partial charge in [-0.15, -0.1) is 0 Å². The lowest BCUT2D eigenvalue weighted by Crippen LogP contribution is -2.43. The molecule has 0 saturated carbocycles. The van der Waals surface area contributed by atoms with Crippen molar-refractivity contribution in [2.24, 2.45) is 11.8 Å². The summed E-state index contributed by atoms with van der Waals surface area (Å²) in [6.07, 6.45) is 1.55. The second kappa shape index (κ2) is 8.96. The summed E-state index contributed by atoms with van der Waals surface area (Å²) in [5, 5.41) is 0. The Balaban J connectivity index is 1.90. The maximum Gasteiger partial charge on any atom is 0.490 e. The van der Waals surface area contributed by atoms with Crippen molar-refractivity contribution in [2.75, 3.05) is 13.2 Å². The van der Waals surface area contributed by atoms with Crippen molar-refractivity contribution >= 4 is 23.5 Å². The Bertz CT molecular complexity index is 725. The third kappa shape index (κ3) is 7.31. The van der Waals surface area contributed by atoms with E-state index in [0.717, 1.165) is 25.1 Å². The molecule has 0 aliphatic carbocycles. The van der Waals surface area contributed by atoms with Gasteiger partial charge >= 0.3 is 23.5 Å². The van der Waals surface area contributed by atoms with Crippen molar-refractivity contribution in [1.82, 2.24) is 4.90 Å². The van der Waals surface area contributed by atoms with Gasteiger partial charge in [-0.3, -0.25) is 4.52 Å². The lowest BCUT2D eigenvalue weighted by Gasteiger charge is -2.40. The van der Waals surface area contributed by atoms with E-state index in [1.807, 2.05) is 6.92 Å². The van der Waals surface area contributed by atoms with E-state index < -0.39 is 36.2 Å². The highest BCUT2D eigenvalue weighted by Gasteiger charge is 2.43. The number of nitrogens with zero attached hydrogens (tertiary/aromatic N) is 1. The second-order valence-electron chi connectivity index (χ2n) is 7.11. The molecular weight excluding hydrogens is 439 g/mol. The standard InChI is InChI=1S/C13H26NO11P3/c1-9-4-5-11(3)14(7-9)13-10(2)6-12(23-13)8-22-27(18,19)25-28(20,21)24-26(15,16)17/h9-10,12-13H,3-8H2,1-2H3,(H,18,19)(H,20,21)(H2,15,16,17). The average molecular weight is 465 g/mol. The zero-order valence-electron chi connectivity index (χ0n) is 15.5. The van der Waals surface area contributed by atoms with Gasteiger partial charge in [-0.25, -0.2) is 13.7 Å². The molecular formula is C13H26NO11P3. The van der Waals surface area contributed by atoms with E-state index in [2.05, 4.69) is 31.5 Å². The minimum absolute atomic E-state index is 0.0802. The third-order valence-electron chi connectivity index (χ3n) is 4.44. The Kier molecular flexibility index (Phi) is 7.74. The predicted molar refractivity (Wildman–Crippen MR) is 96.5 cm³/mol. The number of ether oxygens (including phenoxy) is 1. The smallest absolute Gasteiger partial charge is 0.352 e. The highest BCUT2D eigenvalue weighted by atomic mass is 31.3. The van der Waals surface area contributed by atoms with Crippen LogP contribution < -0.4 is 0 Å². The van der Waals surface area contributed by atoms with Gasteiger partial charge in [0.25, 0.3) is 0 Å². The lowest BCUT2D eigenvalue weighted by molar-refractivity contribution is -0.0744. The summed E-state index contributed by atoms with van der Waals surface area (Å²) < 4.78 is 51.7. The topological polar surface area (TPSA) is 172 Å². The summed E-state index contributed by atoms with van der Waals surface area (Å²) in [7, 11) is -16.1. The molecule has 0 radical (unpaired) electrons. The van der Waals surface area contributed by atoms with Crippen LogP contribution in [0, 0.1) is 11.8 Å². The molecule has 2 fully saturated rings. The van der Waals surface area contributed by atoms with Crippen molar-refractivity contribution in [3.8, 4) is 0 Å². The van der Waals surface area contributed by atoms with Crippen molar-refractivity contribution < 1.29 is 51.2 Å². The normalized spacial score (nSPS) is 33.5. The summed E-state index contributed by atoms with van der Waals surface area (Å²) in [6.45, 7) is 8.51. The zero-order valence-corrected chi connectivity index (χ0v) is 18.2. The molecule has 6 unspecified atom stereocenters. The molecule has 0 aromatic heterocycles. The minimum Gasteiger partial charge on any atom is -0.352 e. The fraction of sp³-hybridized carbons (Fsp3) is 0.846. The fourth-order valence-corrected chi connectivity index (χ4v) is 6.33. The first-order valence-electron chi connectivity index (χ1n) is 8.56. The molecule has 0 spiro atoms. The number of likely N-dealkylation sites (tertiary alicyclic amines) is 1. The predicted octanol–water partition coefficient (Wildman–Crippen LogP) is 2.33. The summed E-state index contributed by atoms with van der Waals surface area (Å²) >= 11 is 0. The summed E-state index contributed by atoms with van der Waals surface area (Å²) in [5.41, 5.74) is 0.962. The van der Waals surface area contributed by atoms with Gasteiger partial charge in [0.05, 0.1) is 12.7 Å². The van der Waals surface area contributed by atoms with Crippen LogP contribution in [-0.4, -0.2) is 50.0 Å². The number of phosphoric ester groups is 1. The molecule has 0 aromatic carbocycles. The van der Waals surface area contributed by atoms with Crippen LogP contribution >= 0.6 is 23.5 Å². The molecule has 28 heavy (non-hydrogen) atoms. The van der Waals surface area contributed by atoms with Crippen molar-refractivity contribution in [2.45, 2.75) is 45.4 Å². The summed E-state index contributed by atoms with van der Waals surface area (Å²) in [6, 6.07) is 0. The van der Waals surface area contributed by atoms with E-state index in [1.165, 1.54) is 0 Å². The molecule has 12 nitrogen and oxygen atoms in total. The van der Waals surface area contributed by atoms with Gasteiger partial charge in [-0.1, -0.05) is 20.4 Å². The van der Waals surface area contributed by atoms with Gasteiger partial charge in [0, 0.05) is 18.2 Å². The second-order valence-corrected chi connectivity index (χ2v) is 11.5. The van der Waals surface area contributed by atoms with Crippen LogP contribution in [0.5, 0.6) is 0 Å². The van der Waals surface area contributed by atoms with Crippen LogP contribution in [0.4, 0.5) is 0 Å². The first-order chi connectivity index (χ1) is 12.7. The molecule has 2 aliphatic rings. The lowest BCUT2D eigenvalue weighted by atomic mass is 9.96. The van der Waals surface area contributed by atoms with E-state index in [0.29, 0.717) is 12.3 Å². The van der Waals surface area contributed by atoms with Crippen LogP contribution in [-0.2, 0) is 31.6 Å². The molecule has 2 heterocycles. The van der Waals surface area contributed by atoms with Gasteiger partial charge < -0.3 is 29.2 Å². The summed E-state index contributed by atoms with van der Waals surface area (Å²) in [5.74, 6) is 0.562. The van der Waals surface area contributed by atoms with Gasteiger partial charge in [0.2, 0.25) is 0 Å². The Hall–Kier alpha value is -0.0900. The number of rotatable bonds is 8. The molecule has 2 saturated heterocycles. The van der Waals surface area contributed by atoms with Gasteiger partial charge in [0.15, 0.2) is 0 Å². The first kappa shape index (κ1) is 24.2. The molecule has 15 heteroatoms. The van der Waals surface area contributed by atoms with Crippen LogP contribution in [0.3, 0.4) is 0 Å². The van der Waals surface area contributed by atoms with Crippen LogP contribution in [0.2, 0.25) is 0 Å². The van der Waals surface area contributed by atoms with E-state index in [1.54, 1.807) is 0 Å². The number of allylic oxidation sites excluding steroid dienone is 1. The number of hydrogen-bond acceptors (Lipinski definition) is 8. The van der Waals surface area contributed by atoms with E-state index in [4.69, 9.17) is 19.4 Å². The quantitative estimate of drug-likeness (QED) is 0.386. The monoisotopic (exact) mass is 465 g/mol. The molecule has 164 valence electrons. The first-order valence-corrected chi connectivity index (χ1v) is 13.1. The molecule has 0 bridgehead atoms. The number of piperidine rings is 1. The van der Waals surface area contributed by atoms with Crippen LogP contribution in [0.15, 0.2) is 12.3 Å². The van der Waals surface area contributed by atoms with Crippen molar-refractivity contribution in [3.05, 3.63) is 12.3 Å². The van der Waals surface area contributed by atoms with E-state index >= 15 is 0 Å². The van der Waals surface area contributed by atoms with E-state index in [-0.39, 0.29) is 12.1 Å². The van der Waals surface area contributed by atoms with Crippen LogP contribution in [0.1, 0.15) is 33.1 Å². The van der Waals surface area contributed by atoms with Crippen molar-refractivity contribution in [1.29, 1.82) is 0 Å². The number of hydrogen-bond donors (Lipinski definition) is 4.